The average Bonchev–Trinajstić information content (AvgIpc) is 2.81. The first-order valence-electron chi connectivity index (χ1n) is 10.8. The summed E-state index contributed by atoms with van der Waals surface area (Å²) < 4.78 is 38.9. The quantitative estimate of drug-likeness (QED) is 0.225. The maximum absolute atomic E-state index is 14.4. The lowest BCUT2D eigenvalue weighted by molar-refractivity contribution is 0.0601. The van der Waals surface area contributed by atoms with E-state index in [4.69, 9.17) is 9.47 Å². The number of halogens is 2. The maximum atomic E-state index is 14.4. The Balaban J connectivity index is 1.71. The Labute approximate surface area is 187 Å². The Kier molecular flexibility index (Phi) is 8.21. The summed E-state index contributed by atoms with van der Waals surface area (Å²) >= 11 is 0. The van der Waals surface area contributed by atoms with Crippen molar-refractivity contribution in [1.82, 2.24) is 0 Å². The molecule has 0 aliphatic rings. The fourth-order valence-electron chi connectivity index (χ4n) is 3.33. The molecular weight excluding hydrogens is 410 g/mol. The van der Waals surface area contributed by atoms with Crippen molar-refractivity contribution in [3.8, 4) is 17.6 Å². The van der Waals surface area contributed by atoms with Crippen LogP contribution in [0.2, 0.25) is 0 Å². The van der Waals surface area contributed by atoms with Crippen LogP contribution < -0.4 is 4.74 Å². The first-order chi connectivity index (χ1) is 15.5. The van der Waals surface area contributed by atoms with Gasteiger partial charge in [0.25, 0.3) is 0 Å². The van der Waals surface area contributed by atoms with E-state index in [1.54, 1.807) is 24.3 Å². The van der Waals surface area contributed by atoms with Gasteiger partial charge in [0.05, 0.1) is 24.8 Å². The number of hydrogen-bond acceptors (Lipinski definition) is 3. The van der Waals surface area contributed by atoms with Crippen LogP contribution in [0, 0.1) is 23.5 Å². The Morgan fingerprint density at radius 2 is 1.62 bits per heavy atom. The van der Waals surface area contributed by atoms with Gasteiger partial charge in [0.1, 0.15) is 5.82 Å². The van der Waals surface area contributed by atoms with Gasteiger partial charge in [0, 0.05) is 11.6 Å². The summed E-state index contributed by atoms with van der Waals surface area (Å²) in [6.45, 7) is 2.50. The third-order valence-corrected chi connectivity index (χ3v) is 5.13. The molecule has 166 valence electrons. The van der Waals surface area contributed by atoms with E-state index in [9.17, 15) is 13.6 Å². The lowest BCUT2D eigenvalue weighted by Gasteiger charge is -2.08. The number of hydrogen-bond donors (Lipinski definition) is 0. The molecule has 0 amide bonds. The van der Waals surface area contributed by atoms with E-state index < -0.39 is 17.6 Å². The number of methoxy groups -OCH3 is 1. The summed E-state index contributed by atoms with van der Waals surface area (Å²) in [7, 11) is 1.33. The Morgan fingerprint density at radius 1 is 0.875 bits per heavy atom. The van der Waals surface area contributed by atoms with Gasteiger partial charge in [-0.1, -0.05) is 56.6 Å². The number of carbonyl (C=O) groups is 1. The number of unbranched alkanes of at least 4 members (excludes halogenated alkanes) is 4. The molecule has 0 N–H and O–H groups in total. The molecule has 32 heavy (non-hydrogen) atoms. The van der Waals surface area contributed by atoms with Gasteiger partial charge in [0.2, 0.25) is 0 Å². The molecule has 3 rings (SSSR count). The summed E-state index contributed by atoms with van der Waals surface area (Å²) in [4.78, 5) is 11.7. The molecule has 0 saturated heterocycles. The van der Waals surface area contributed by atoms with Gasteiger partial charge in [-0.05, 0) is 47.5 Å². The van der Waals surface area contributed by atoms with Crippen molar-refractivity contribution in [2.45, 2.75) is 39.0 Å². The third-order valence-electron chi connectivity index (χ3n) is 5.13. The Hall–Kier alpha value is -3.39. The molecule has 0 atom stereocenters. The lowest BCUT2D eigenvalue weighted by Crippen LogP contribution is -2.01. The zero-order chi connectivity index (χ0) is 22.9. The van der Waals surface area contributed by atoms with Crippen molar-refractivity contribution in [2.75, 3.05) is 13.7 Å². The molecule has 0 unspecified atom stereocenters. The normalized spacial score (nSPS) is 10.5. The minimum absolute atomic E-state index is 0.0288. The number of fused-ring (bicyclic) bond motifs is 1. The van der Waals surface area contributed by atoms with Crippen molar-refractivity contribution < 1.29 is 23.0 Å². The van der Waals surface area contributed by atoms with Gasteiger partial charge < -0.3 is 9.47 Å². The molecule has 3 aromatic rings. The van der Waals surface area contributed by atoms with Gasteiger partial charge >= 0.3 is 5.97 Å². The van der Waals surface area contributed by atoms with Gasteiger partial charge in [-0.2, -0.15) is 0 Å². The van der Waals surface area contributed by atoms with Gasteiger partial charge in [-0.25, -0.2) is 13.6 Å². The highest BCUT2D eigenvalue weighted by atomic mass is 19.1. The second-order valence-corrected chi connectivity index (χ2v) is 7.54. The molecular formula is C27H26F2O3. The van der Waals surface area contributed by atoms with Crippen molar-refractivity contribution in [2.24, 2.45) is 0 Å². The third kappa shape index (κ3) is 6.07. The zero-order valence-corrected chi connectivity index (χ0v) is 18.3. The first-order valence-corrected chi connectivity index (χ1v) is 10.8. The Bertz CT molecular complexity index is 1160. The summed E-state index contributed by atoms with van der Waals surface area (Å²) in [5.41, 5.74) is 1.08. The number of esters is 1. The first kappa shape index (κ1) is 23.3. The average molecular weight is 436 g/mol. The van der Waals surface area contributed by atoms with Gasteiger partial charge in [-0.15, -0.1) is 0 Å². The maximum Gasteiger partial charge on any atom is 0.337 e. The fourth-order valence-corrected chi connectivity index (χ4v) is 3.33. The topological polar surface area (TPSA) is 35.5 Å². The van der Waals surface area contributed by atoms with E-state index in [1.165, 1.54) is 13.5 Å². The summed E-state index contributed by atoms with van der Waals surface area (Å²) in [6.07, 6.45) is 5.26. The van der Waals surface area contributed by atoms with Crippen molar-refractivity contribution in [3.05, 3.63) is 76.9 Å². The van der Waals surface area contributed by atoms with E-state index in [0.29, 0.717) is 17.7 Å². The number of rotatable bonds is 8. The molecule has 0 heterocycles. The molecule has 0 fully saturated rings. The van der Waals surface area contributed by atoms with Crippen LogP contribution in [-0.4, -0.2) is 19.7 Å². The number of ether oxygens (including phenoxy) is 2. The second kappa shape index (κ2) is 11.3. The van der Waals surface area contributed by atoms with Crippen LogP contribution >= 0.6 is 0 Å². The van der Waals surface area contributed by atoms with Crippen molar-refractivity contribution in [3.63, 3.8) is 0 Å². The van der Waals surface area contributed by atoms with E-state index >= 15 is 0 Å². The SMILES string of the molecule is CCCCCCCOc1cc(F)c(C#Cc2ccc3cc(C(=O)OC)ccc3c2)cc1F. The van der Waals surface area contributed by atoms with E-state index in [2.05, 4.69) is 18.8 Å². The Morgan fingerprint density at radius 3 is 2.41 bits per heavy atom. The minimum Gasteiger partial charge on any atom is -0.490 e. The molecule has 0 aromatic heterocycles. The van der Waals surface area contributed by atoms with E-state index in [1.807, 2.05) is 12.1 Å². The fraction of sp³-hybridized carbons (Fsp3) is 0.296. The van der Waals surface area contributed by atoms with Crippen molar-refractivity contribution in [1.29, 1.82) is 0 Å². The largest absolute Gasteiger partial charge is 0.490 e. The molecule has 0 saturated carbocycles. The zero-order valence-electron chi connectivity index (χ0n) is 18.3. The minimum atomic E-state index is -0.627. The molecule has 5 heteroatoms. The van der Waals surface area contributed by atoms with Crippen LogP contribution in [0.1, 0.15) is 60.5 Å². The van der Waals surface area contributed by atoms with Crippen LogP contribution in [0.5, 0.6) is 5.75 Å². The smallest absolute Gasteiger partial charge is 0.337 e. The molecule has 0 radical (unpaired) electrons. The molecule has 3 nitrogen and oxygen atoms in total. The predicted molar refractivity (Wildman–Crippen MR) is 122 cm³/mol. The van der Waals surface area contributed by atoms with E-state index in [-0.39, 0.29) is 11.3 Å². The second-order valence-electron chi connectivity index (χ2n) is 7.54. The summed E-state index contributed by atoms with van der Waals surface area (Å²) in [5, 5.41) is 1.73. The monoisotopic (exact) mass is 436 g/mol. The standard InChI is InChI=1S/C27H26F2O3/c1-3-4-5-6-7-14-32-26-18-24(28)22(17-25(26)29)11-9-19-8-10-21-16-23(27(30)31-2)13-12-20(21)15-19/h8,10,12-13,15-18H,3-7,14H2,1-2H3. The molecule has 0 bridgehead atoms. The lowest BCUT2D eigenvalue weighted by atomic mass is 10.0. The van der Waals surface area contributed by atoms with Crippen LogP contribution in [-0.2, 0) is 4.74 Å². The molecule has 0 aliphatic heterocycles. The summed E-state index contributed by atoms with van der Waals surface area (Å²) in [5.74, 6) is 3.83. The highest BCUT2D eigenvalue weighted by Crippen LogP contribution is 2.22. The predicted octanol–water partition coefficient (Wildman–Crippen LogP) is 6.65. The van der Waals surface area contributed by atoms with Crippen LogP contribution in [0.25, 0.3) is 10.8 Å². The summed E-state index contributed by atoms with van der Waals surface area (Å²) in [6, 6.07) is 12.7. The molecule has 0 spiro atoms. The highest BCUT2D eigenvalue weighted by molar-refractivity contribution is 5.95. The molecule has 3 aromatic carbocycles. The van der Waals surface area contributed by atoms with Gasteiger partial charge in [0.15, 0.2) is 11.6 Å². The van der Waals surface area contributed by atoms with Crippen LogP contribution in [0.3, 0.4) is 0 Å². The molecule has 0 aliphatic carbocycles. The number of benzene rings is 3. The van der Waals surface area contributed by atoms with E-state index in [0.717, 1.165) is 48.6 Å². The highest BCUT2D eigenvalue weighted by Gasteiger charge is 2.10. The van der Waals surface area contributed by atoms with Crippen molar-refractivity contribution >= 4 is 16.7 Å². The van der Waals surface area contributed by atoms with Crippen LogP contribution in [0.4, 0.5) is 8.78 Å². The number of carbonyl (C=O) groups excluding carboxylic acids is 1. The van der Waals surface area contributed by atoms with Gasteiger partial charge in [-0.3, -0.25) is 0 Å². The van der Waals surface area contributed by atoms with Crippen LogP contribution in [0.15, 0.2) is 48.5 Å².